The van der Waals surface area contributed by atoms with Crippen LogP contribution in [-0.2, 0) is 24.7 Å². The van der Waals surface area contributed by atoms with Crippen LogP contribution in [0.3, 0.4) is 0 Å². The molecule has 1 aromatic carbocycles. The van der Waals surface area contributed by atoms with Crippen LogP contribution < -0.4 is 15.8 Å². The highest BCUT2D eigenvalue weighted by Gasteiger charge is 2.48. The molecule has 1 aromatic rings. The highest BCUT2D eigenvalue weighted by molar-refractivity contribution is 7.92. The maximum Gasteiger partial charge on any atom is 0.247 e. The Morgan fingerprint density at radius 2 is 2.07 bits per heavy atom. The molecule has 1 heterocycles. The van der Waals surface area contributed by atoms with Crippen molar-refractivity contribution in [1.82, 2.24) is 4.31 Å². The summed E-state index contributed by atoms with van der Waals surface area (Å²) in [4.78, 5) is 11.2. The van der Waals surface area contributed by atoms with Gasteiger partial charge in [0.05, 0.1) is 18.6 Å². The number of nitrogens with one attached hydrogen (secondary N) is 1. The van der Waals surface area contributed by atoms with Crippen molar-refractivity contribution in [3.05, 3.63) is 18.2 Å². The number of carbonyl (C=O) groups excluding carboxylic acids is 1. The van der Waals surface area contributed by atoms with Crippen LogP contribution >= 0.6 is 0 Å². The largest absolute Gasteiger partial charge is 0.495 e. The maximum atomic E-state index is 13.4. The third kappa shape index (κ3) is 4.60. The molecule has 1 aliphatic heterocycles. The predicted octanol–water partition coefficient (Wildman–Crippen LogP) is 0.180. The second-order valence-electron chi connectivity index (χ2n) is 6.75. The smallest absolute Gasteiger partial charge is 0.247 e. The summed E-state index contributed by atoms with van der Waals surface area (Å²) in [6.45, 7) is 2.91. The lowest BCUT2D eigenvalue weighted by Gasteiger charge is -2.36. The van der Waals surface area contributed by atoms with Gasteiger partial charge in [0.15, 0.2) is 9.84 Å². The van der Waals surface area contributed by atoms with Crippen molar-refractivity contribution in [1.29, 1.82) is 0 Å². The van der Waals surface area contributed by atoms with Gasteiger partial charge in [-0.2, -0.15) is 4.31 Å². The van der Waals surface area contributed by atoms with Crippen LogP contribution in [-0.4, -0.2) is 64.3 Å². The third-order valence-electron chi connectivity index (χ3n) is 4.47. The van der Waals surface area contributed by atoms with E-state index >= 15 is 0 Å². The number of hydrogen-bond donors (Lipinski definition) is 2. The van der Waals surface area contributed by atoms with Crippen LogP contribution in [0.15, 0.2) is 23.1 Å². The maximum absolute atomic E-state index is 13.4. The van der Waals surface area contributed by atoms with Gasteiger partial charge in [-0.25, -0.2) is 16.8 Å². The van der Waals surface area contributed by atoms with Gasteiger partial charge in [-0.15, -0.1) is 0 Å². The van der Waals surface area contributed by atoms with E-state index in [1.807, 2.05) is 0 Å². The molecule has 3 N–H and O–H groups in total. The Bertz CT molecular complexity index is 929. The van der Waals surface area contributed by atoms with Crippen LogP contribution in [0.4, 0.5) is 5.69 Å². The fourth-order valence-corrected chi connectivity index (χ4v) is 7.49. The molecule has 0 unspecified atom stereocenters. The van der Waals surface area contributed by atoms with E-state index in [9.17, 15) is 21.6 Å². The summed E-state index contributed by atoms with van der Waals surface area (Å²) in [6.07, 6.45) is 0.183. The Kier molecular flexibility index (Phi) is 6.19. The van der Waals surface area contributed by atoms with Crippen LogP contribution in [0.5, 0.6) is 5.75 Å². The first-order chi connectivity index (χ1) is 12.4. The summed E-state index contributed by atoms with van der Waals surface area (Å²) in [6, 6.07) is 4.26. The van der Waals surface area contributed by atoms with Crippen molar-refractivity contribution in [2.75, 3.05) is 37.0 Å². The molecule has 1 saturated heterocycles. The number of hydrogen-bond acceptors (Lipinski definition) is 7. The summed E-state index contributed by atoms with van der Waals surface area (Å²) in [5.41, 5.74) is 4.81. The average molecular weight is 420 g/mol. The molecule has 9 nitrogen and oxygen atoms in total. The topological polar surface area (TPSA) is 136 Å². The second kappa shape index (κ2) is 7.74. The van der Waals surface area contributed by atoms with E-state index in [1.165, 1.54) is 32.2 Å². The van der Waals surface area contributed by atoms with E-state index in [4.69, 9.17) is 10.5 Å². The number of nitrogens with zero attached hydrogens (tertiary/aromatic N) is 1. The molecule has 0 aromatic heterocycles. The van der Waals surface area contributed by atoms with Crippen LogP contribution in [0, 0.1) is 0 Å². The molecule has 0 aliphatic carbocycles. The summed E-state index contributed by atoms with van der Waals surface area (Å²) in [5.74, 6) is -0.609. The standard InChI is InChI=1S/C16H25N3O6S2/c1-12(20)18-13-4-5-14(25-3)15(10-13)27(23,24)19(8-7-17)16(2)6-9-26(21,22)11-16/h4-5,10H,6-9,11,17H2,1-3H3,(H,18,20)/t16-/m0/s1. The van der Waals surface area contributed by atoms with Gasteiger partial charge in [-0.3, -0.25) is 4.79 Å². The molecular weight excluding hydrogens is 394 g/mol. The van der Waals surface area contributed by atoms with Gasteiger partial charge in [0.2, 0.25) is 15.9 Å². The van der Waals surface area contributed by atoms with E-state index in [2.05, 4.69) is 5.32 Å². The Morgan fingerprint density at radius 3 is 2.56 bits per heavy atom. The zero-order valence-corrected chi connectivity index (χ0v) is 17.2. The minimum absolute atomic E-state index is 0.0303. The summed E-state index contributed by atoms with van der Waals surface area (Å²) >= 11 is 0. The van der Waals surface area contributed by atoms with E-state index in [-0.39, 0.29) is 47.6 Å². The fourth-order valence-electron chi connectivity index (χ4n) is 3.27. The first kappa shape index (κ1) is 21.6. The summed E-state index contributed by atoms with van der Waals surface area (Å²) in [7, 11) is -6.14. The molecule has 11 heteroatoms. The number of rotatable bonds is 7. The van der Waals surface area contributed by atoms with Gasteiger partial charge in [0.25, 0.3) is 0 Å². The molecule has 152 valence electrons. The normalized spacial score (nSPS) is 22.0. The number of benzene rings is 1. The lowest BCUT2D eigenvalue weighted by Crippen LogP contribution is -2.52. The fraction of sp³-hybridized carbons (Fsp3) is 0.562. The number of sulfonamides is 1. The van der Waals surface area contributed by atoms with Crippen molar-refractivity contribution < 1.29 is 26.4 Å². The van der Waals surface area contributed by atoms with Crippen LogP contribution in [0.1, 0.15) is 20.3 Å². The van der Waals surface area contributed by atoms with Crippen molar-refractivity contribution in [2.24, 2.45) is 5.73 Å². The minimum atomic E-state index is -4.14. The molecule has 1 atom stereocenters. The number of nitrogens with two attached hydrogens (primary N) is 1. The predicted molar refractivity (Wildman–Crippen MR) is 102 cm³/mol. The number of ether oxygens (including phenoxy) is 1. The van der Waals surface area contributed by atoms with E-state index in [1.54, 1.807) is 6.92 Å². The Balaban J connectivity index is 2.58. The number of carbonyl (C=O) groups is 1. The molecule has 1 aliphatic rings. The quantitative estimate of drug-likeness (QED) is 0.643. The zero-order chi connectivity index (χ0) is 20.5. The second-order valence-corrected chi connectivity index (χ2v) is 10.8. The van der Waals surface area contributed by atoms with E-state index in [0.717, 1.165) is 4.31 Å². The number of methoxy groups -OCH3 is 1. The SMILES string of the molecule is COc1ccc(NC(C)=O)cc1S(=O)(=O)N(CCN)[C@@]1(C)CCS(=O)(=O)C1. The van der Waals surface area contributed by atoms with E-state index in [0.29, 0.717) is 5.69 Å². The molecule has 0 spiro atoms. The van der Waals surface area contributed by atoms with E-state index < -0.39 is 25.4 Å². The first-order valence-corrected chi connectivity index (χ1v) is 11.6. The Labute approximate surface area is 159 Å². The van der Waals surface area contributed by atoms with Crippen molar-refractivity contribution in [2.45, 2.75) is 30.7 Å². The molecule has 0 saturated carbocycles. The molecule has 0 bridgehead atoms. The van der Waals surface area contributed by atoms with Gasteiger partial charge in [0, 0.05) is 31.2 Å². The highest BCUT2D eigenvalue weighted by Crippen LogP contribution is 2.37. The van der Waals surface area contributed by atoms with Crippen LogP contribution in [0.25, 0.3) is 0 Å². The number of sulfone groups is 1. The molecule has 1 amide bonds. The minimum Gasteiger partial charge on any atom is -0.495 e. The average Bonchev–Trinajstić information content (AvgIpc) is 2.85. The third-order valence-corrected chi connectivity index (χ3v) is 8.44. The van der Waals surface area contributed by atoms with Crippen molar-refractivity contribution in [3.63, 3.8) is 0 Å². The highest BCUT2D eigenvalue weighted by atomic mass is 32.2. The first-order valence-electron chi connectivity index (χ1n) is 8.34. The summed E-state index contributed by atoms with van der Waals surface area (Å²) < 4.78 is 57.2. The monoisotopic (exact) mass is 419 g/mol. The van der Waals surface area contributed by atoms with Crippen molar-refractivity contribution in [3.8, 4) is 5.75 Å². The summed E-state index contributed by atoms with van der Waals surface area (Å²) in [5, 5.41) is 2.53. The van der Waals surface area contributed by atoms with Gasteiger partial charge in [-0.05, 0) is 31.5 Å². The Hall–Kier alpha value is -1.69. The molecule has 27 heavy (non-hydrogen) atoms. The molecule has 1 fully saturated rings. The lowest BCUT2D eigenvalue weighted by molar-refractivity contribution is -0.114. The molecular formula is C16H25N3O6S2. The van der Waals surface area contributed by atoms with Crippen molar-refractivity contribution >= 4 is 31.5 Å². The number of amides is 1. The molecule has 0 radical (unpaired) electrons. The number of anilines is 1. The Morgan fingerprint density at radius 1 is 1.41 bits per heavy atom. The zero-order valence-electron chi connectivity index (χ0n) is 15.6. The molecule has 2 rings (SSSR count). The van der Waals surface area contributed by atoms with Crippen LogP contribution in [0.2, 0.25) is 0 Å². The van der Waals surface area contributed by atoms with Gasteiger partial charge < -0.3 is 15.8 Å². The van der Waals surface area contributed by atoms with Gasteiger partial charge >= 0.3 is 0 Å². The van der Waals surface area contributed by atoms with Gasteiger partial charge in [-0.1, -0.05) is 0 Å². The lowest BCUT2D eigenvalue weighted by atomic mass is 10.0. The van der Waals surface area contributed by atoms with Gasteiger partial charge in [0.1, 0.15) is 10.6 Å².